The predicted molar refractivity (Wildman–Crippen MR) is 65.8 cm³/mol. The molecule has 0 radical (unpaired) electrons. The molecule has 2 atom stereocenters. The monoisotopic (exact) mass is 251 g/mol. The number of halogens is 1. The molecule has 0 saturated carbocycles. The summed E-state index contributed by atoms with van der Waals surface area (Å²) in [4.78, 5) is 13.6. The highest BCUT2D eigenvalue weighted by Crippen LogP contribution is 2.08. The number of nitrogens with zero attached hydrogens (tertiary/aromatic N) is 1. The fourth-order valence-corrected chi connectivity index (χ4v) is 1.71. The second kappa shape index (κ2) is 7.84. The summed E-state index contributed by atoms with van der Waals surface area (Å²) in [6.45, 7) is 5.30. The minimum Gasteiger partial charge on any atom is -0.383 e. The number of hydrogen-bond acceptors (Lipinski definition) is 4. The first kappa shape index (κ1) is 15.6. The molecule has 5 nitrogen and oxygen atoms in total. The average Bonchev–Trinajstić information content (AvgIpc) is 2.62. The van der Waals surface area contributed by atoms with E-state index >= 15 is 0 Å². The van der Waals surface area contributed by atoms with E-state index in [9.17, 15) is 4.79 Å². The first-order chi connectivity index (χ1) is 7.13. The molecule has 0 aromatic rings. The second-order valence-corrected chi connectivity index (χ2v) is 4.08. The summed E-state index contributed by atoms with van der Waals surface area (Å²) in [6.07, 6.45) is 1.00. The molecule has 96 valence electrons. The van der Waals surface area contributed by atoms with E-state index in [0.29, 0.717) is 0 Å². The minimum absolute atomic E-state index is 0. The molecule has 0 aromatic carbocycles. The molecule has 1 amide bonds. The molecule has 6 heteroatoms. The number of nitrogens with one attached hydrogen (secondary N) is 1. The first-order valence-electron chi connectivity index (χ1n) is 5.40. The maximum atomic E-state index is 11.3. The van der Waals surface area contributed by atoms with Gasteiger partial charge in [-0.3, -0.25) is 9.69 Å². The van der Waals surface area contributed by atoms with Crippen molar-refractivity contribution in [1.82, 2.24) is 10.2 Å². The molecular formula is C10H22ClN3O2. The van der Waals surface area contributed by atoms with Crippen molar-refractivity contribution in [3.8, 4) is 0 Å². The standard InChI is InChI=1S/C10H21N3O2.ClH/c1-8(11)10(14)12-9-3-4-13(7-9)5-6-15-2;/h8-9H,3-7,11H2,1-2H3,(H,12,14);1H/t8-,9?;/m1./s1. The van der Waals surface area contributed by atoms with Crippen LogP contribution in [-0.2, 0) is 9.53 Å². The summed E-state index contributed by atoms with van der Waals surface area (Å²) < 4.78 is 5.01. The lowest BCUT2D eigenvalue weighted by Gasteiger charge is -2.16. The molecule has 1 saturated heterocycles. The van der Waals surface area contributed by atoms with Gasteiger partial charge in [-0.1, -0.05) is 0 Å². The van der Waals surface area contributed by atoms with Gasteiger partial charge in [-0.2, -0.15) is 0 Å². The van der Waals surface area contributed by atoms with Crippen LogP contribution in [0.5, 0.6) is 0 Å². The lowest BCUT2D eigenvalue weighted by Crippen LogP contribution is -2.45. The summed E-state index contributed by atoms with van der Waals surface area (Å²) >= 11 is 0. The molecule has 1 aliphatic rings. The summed E-state index contributed by atoms with van der Waals surface area (Å²) in [6, 6.07) is -0.168. The maximum Gasteiger partial charge on any atom is 0.236 e. The molecule has 1 aliphatic heterocycles. The zero-order valence-electron chi connectivity index (χ0n) is 9.94. The number of rotatable bonds is 5. The Bertz CT molecular complexity index is 214. The molecule has 1 heterocycles. The van der Waals surface area contributed by atoms with Crippen molar-refractivity contribution in [3.63, 3.8) is 0 Å². The van der Waals surface area contributed by atoms with Crippen LogP contribution in [0.15, 0.2) is 0 Å². The highest BCUT2D eigenvalue weighted by Gasteiger charge is 2.24. The number of methoxy groups -OCH3 is 1. The number of hydrogen-bond donors (Lipinski definition) is 2. The van der Waals surface area contributed by atoms with Crippen molar-refractivity contribution >= 4 is 18.3 Å². The first-order valence-corrected chi connectivity index (χ1v) is 5.40. The van der Waals surface area contributed by atoms with Crippen molar-refractivity contribution < 1.29 is 9.53 Å². The van der Waals surface area contributed by atoms with E-state index in [1.807, 2.05) is 0 Å². The van der Waals surface area contributed by atoms with Crippen LogP contribution in [0.3, 0.4) is 0 Å². The minimum atomic E-state index is -0.418. The lowest BCUT2D eigenvalue weighted by atomic mass is 10.2. The van der Waals surface area contributed by atoms with Gasteiger partial charge in [0.2, 0.25) is 5.91 Å². The number of ether oxygens (including phenoxy) is 1. The molecule has 1 unspecified atom stereocenters. The van der Waals surface area contributed by atoms with Gasteiger partial charge in [-0.15, -0.1) is 12.4 Å². The fraction of sp³-hybridized carbons (Fsp3) is 0.900. The van der Waals surface area contributed by atoms with Gasteiger partial charge in [-0.25, -0.2) is 0 Å². The van der Waals surface area contributed by atoms with Crippen molar-refractivity contribution in [2.45, 2.75) is 25.4 Å². The van der Waals surface area contributed by atoms with E-state index in [1.165, 1.54) is 0 Å². The molecule has 0 aromatic heterocycles. The molecule has 0 spiro atoms. The van der Waals surface area contributed by atoms with Gasteiger partial charge >= 0.3 is 0 Å². The van der Waals surface area contributed by atoms with E-state index in [0.717, 1.165) is 32.7 Å². The van der Waals surface area contributed by atoms with Crippen molar-refractivity contribution in [1.29, 1.82) is 0 Å². The summed E-state index contributed by atoms with van der Waals surface area (Å²) in [7, 11) is 1.70. The van der Waals surface area contributed by atoms with Crippen LogP contribution >= 0.6 is 12.4 Å². The van der Waals surface area contributed by atoms with Gasteiger partial charge in [0.15, 0.2) is 0 Å². The normalized spacial score (nSPS) is 22.6. The lowest BCUT2D eigenvalue weighted by molar-refractivity contribution is -0.122. The van der Waals surface area contributed by atoms with Gasteiger partial charge in [0, 0.05) is 32.8 Å². The Labute approximate surface area is 103 Å². The molecule has 3 N–H and O–H groups in total. The van der Waals surface area contributed by atoms with Gasteiger partial charge in [0.1, 0.15) is 0 Å². The largest absolute Gasteiger partial charge is 0.383 e. The smallest absolute Gasteiger partial charge is 0.236 e. The van der Waals surface area contributed by atoms with E-state index in [-0.39, 0.29) is 24.4 Å². The van der Waals surface area contributed by atoms with E-state index in [2.05, 4.69) is 10.2 Å². The third kappa shape index (κ3) is 5.12. The van der Waals surface area contributed by atoms with Crippen molar-refractivity contribution in [2.75, 3.05) is 33.4 Å². The number of nitrogens with two attached hydrogens (primary N) is 1. The third-order valence-electron chi connectivity index (χ3n) is 2.64. The van der Waals surface area contributed by atoms with Crippen LogP contribution in [0.4, 0.5) is 0 Å². The number of amides is 1. The maximum absolute atomic E-state index is 11.3. The Morgan fingerprint density at radius 3 is 2.94 bits per heavy atom. The fourth-order valence-electron chi connectivity index (χ4n) is 1.71. The predicted octanol–water partition coefficient (Wildman–Crippen LogP) is -0.408. The molecule has 1 fully saturated rings. The topological polar surface area (TPSA) is 67.6 Å². The molecule has 16 heavy (non-hydrogen) atoms. The molecule has 0 aliphatic carbocycles. The Morgan fingerprint density at radius 2 is 2.38 bits per heavy atom. The number of carbonyl (C=O) groups is 1. The van der Waals surface area contributed by atoms with Gasteiger partial charge in [0.05, 0.1) is 12.6 Å². The number of likely N-dealkylation sites (tertiary alicyclic amines) is 1. The Kier molecular flexibility index (Phi) is 7.66. The van der Waals surface area contributed by atoms with Crippen LogP contribution in [0.25, 0.3) is 0 Å². The van der Waals surface area contributed by atoms with Gasteiger partial charge in [-0.05, 0) is 13.3 Å². The highest BCUT2D eigenvalue weighted by atomic mass is 35.5. The van der Waals surface area contributed by atoms with Crippen LogP contribution in [0.2, 0.25) is 0 Å². The zero-order valence-corrected chi connectivity index (χ0v) is 10.8. The molecular weight excluding hydrogens is 230 g/mol. The molecule has 0 bridgehead atoms. The Hall–Kier alpha value is -0.360. The van der Waals surface area contributed by atoms with Crippen LogP contribution in [-0.4, -0.2) is 56.2 Å². The quantitative estimate of drug-likeness (QED) is 0.697. The van der Waals surface area contributed by atoms with Gasteiger partial charge < -0.3 is 15.8 Å². The molecule has 1 rings (SSSR count). The summed E-state index contributed by atoms with van der Waals surface area (Å²) in [5.41, 5.74) is 5.48. The van der Waals surface area contributed by atoms with E-state index in [4.69, 9.17) is 10.5 Å². The Balaban J connectivity index is 0.00000225. The van der Waals surface area contributed by atoms with E-state index in [1.54, 1.807) is 14.0 Å². The van der Waals surface area contributed by atoms with E-state index < -0.39 is 6.04 Å². The highest BCUT2D eigenvalue weighted by molar-refractivity contribution is 5.85. The van der Waals surface area contributed by atoms with Crippen LogP contribution in [0.1, 0.15) is 13.3 Å². The zero-order chi connectivity index (χ0) is 11.3. The Morgan fingerprint density at radius 1 is 1.69 bits per heavy atom. The third-order valence-corrected chi connectivity index (χ3v) is 2.64. The van der Waals surface area contributed by atoms with Crippen molar-refractivity contribution in [3.05, 3.63) is 0 Å². The van der Waals surface area contributed by atoms with Crippen LogP contribution < -0.4 is 11.1 Å². The second-order valence-electron chi connectivity index (χ2n) is 4.08. The summed E-state index contributed by atoms with van der Waals surface area (Å²) in [5, 5.41) is 2.94. The average molecular weight is 252 g/mol. The number of carbonyl (C=O) groups excluding carboxylic acids is 1. The summed E-state index contributed by atoms with van der Waals surface area (Å²) in [5.74, 6) is -0.0615. The van der Waals surface area contributed by atoms with Gasteiger partial charge in [0.25, 0.3) is 0 Å². The van der Waals surface area contributed by atoms with Crippen LogP contribution in [0, 0.1) is 0 Å². The SMILES string of the molecule is COCCN1CCC(NC(=O)[C@@H](C)N)C1.Cl. The van der Waals surface area contributed by atoms with Crippen molar-refractivity contribution in [2.24, 2.45) is 5.73 Å².